The molecule has 6 rings (SSSR count). The molecule has 0 unspecified atom stereocenters. The molecular formula is C28H27Cl2N3O5. The minimum atomic E-state index is -1.32. The zero-order valence-corrected chi connectivity index (χ0v) is 22.3. The number of hydrogen-bond acceptors (Lipinski definition) is 6. The van der Waals surface area contributed by atoms with Gasteiger partial charge in [-0.15, -0.1) is 0 Å². The Morgan fingerprint density at radius 3 is 2.55 bits per heavy atom. The van der Waals surface area contributed by atoms with E-state index in [1.54, 1.807) is 18.3 Å². The number of aryl methyl sites for hydroxylation is 1. The van der Waals surface area contributed by atoms with Crippen molar-refractivity contribution in [2.45, 2.75) is 44.3 Å². The number of rotatable bonds is 7. The van der Waals surface area contributed by atoms with E-state index in [1.807, 2.05) is 29.8 Å². The van der Waals surface area contributed by atoms with E-state index in [2.05, 4.69) is 16.1 Å². The number of anilines is 1. The summed E-state index contributed by atoms with van der Waals surface area (Å²) in [5, 5.41) is 15.2. The molecule has 0 bridgehead atoms. The maximum Gasteiger partial charge on any atom is 0.511 e. The molecule has 0 radical (unpaired) electrons. The molecule has 1 saturated heterocycles. The maximum absolute atomic E-state index is 11.0. The van der Waals surface area contributed by atoms with Crippen LogP contribution in [0, 0.1) is 0 Å². The summed E-state index contributed by atoms with van der Waals surface area (Å²) in [5.41, 5.74) is 4.31. The summed E-state index contributed by atoms with van der Waals surface area (Å²) in [6.45, 7) is 2.10. The van der Waals surface area contributed by atoms with Crippen molar-refractivity contribution >= 4 is 45.9 Å². The van der Waals surface area contributed by atoms with Crippen molar-refractivity contribution in [3.05, 3.63) is 64.0 Å². The number of piperidine rings is 1. The molecular weight excluding hydrogens is 529 g/mol. The van der Waals surface area contributed by atoms with Crippen LogP contribution in [0.1, 0.15) is 42.9 Å². The summed E-state index contributed by atoms with van der Waals surface area (Å²) in [6.07, 6.45) is 4.42. The van der Waals surface area contributed by atoms with Crippen molar-refractivity contribution in [3.8, 4) is 17.0 Å². The van der Waals surface area contributed by atoms with Crippen molar-refractivity contribution in [1.82, 2.24) is 9.72 Å². The molecule has 1 aliphatic heterocycles. The molecule has 4 aromatic rings. The van der Waals surface area contributed by atoms with Gasteiger partial charge in [0.05, 0.1) is 28.3 Å². The van der Waals surface area contributed by atoms with Crippen LogP contribution in [0.25, 0.3) is 22.2 Å². The summed E-state index contributed by atoms with van der Waals surface area (Å²) in [4.78, 5) is 13.3. The van der Waals surface area contributed by atoms with Crippen LogP contribution < -0.4 is 9.64 Å². The van der Waals surface area contributed by atoms with Crippen LogP contribution >= 0.6 is 23.2 Å². The first-order chi connectivity index (χ1) is 18.4. The van der Waals surface area contributed by atoms with Gasteiger partial charge in [0, 0.05) is 54.5 Å². The monoisotopic (exact) mass is 555 g/mol. The Kier molecular flexibility index (Phi) is 6.72. The van der Waals surface area contributed by atoms with Gasteiger partial charge in [0.2, 0.25) is 0 Å². The molecule has 0 amide bonds. The van der Waals surface area contributed by atoms with Gasteiger partial charge in [0.25, 0.3) is 0 Å². The van der Waals surface area contributed by atoms with Gasteiger partial charge in [-0.3, -0.25) is 0 Å². The van der Waals surface area contributed by atoms with Crippen LogP contribution in [0.5, 0.6) is 5.75 Å². The van der Waals surface area contributed by atoms with E-state index in [-0.39, 0.29) is 6.10 Å². The van der Waals surface area contributed by atoms with Gasteiger partial charge in [0.15, 0.2) is 5.75 Å². The Bertz CT molecular complexity index is 1480. The summed E-state index contributed by atoms with van der Waals surface area (Å²) in [5.74, 6) is 1.60. The van der Waals surface area contributed by atoms with Crippen LogP contribution in [0.15, 0.2) is 47.1 Å². The number of carbonyl (C=O) groups is 1. The zero-order chi connectivity index (χ0) is 26.4. The van der Waals surface area contributed by atoms with Gasteiger partial charge >= 0.3 is 6.16 Å². The quantitative estimate of drug-likeness (QED) is 0.240. The second-order valence-electron chi connectivity index (χ2n) is 9.92. The van der Waals surface area contributed by atoms with E-state index in [4.69, 9.17) is 42.3 Å². The summed E-state index contributed by atoms with van der Waals surface area (Å²) >= 11 is 13.0. The SMILES string of the molecule is Cn1cc(OC(=O)O)c2ccc(N3CCC(OCc4c(-c5c(Cl)cccc5Cl)noc4C4CC4)CC3)cc21. The molecule has 198 valence electrons. The topological polar surface area (TPSA) is 90.0 Å². The Hall–Kier alpha value is -3.20. The van der Waals surface area contributed by atoms with Crippen molar-refractivity contribution in [1.29, 1.82) is 0 Å². The average Bonchev–Trinajstić information content (AvgIpc) is 3.59. The van der Waals surface area contributed by atoms with E-state index in [0.717, 1.165) is 66.7 Å². The van der Waals surface area contributed by atoms with Gasteiger partial charge < -0.3 is 28.6 Å². The number of aromatic nitrogens is 2. The van der Waals surface area contributed by atoms with Gasteiger partial charge in [-0.25, -0.2) is 4.79 Å². The number of nitrogens with zero attached hydrogens (tertiary/aromatic N) is 3. The highest BCUT2D eigenvalue weighted by Gasteiger charge is 2.34. The first kappa shape index (κ1) is 25.1. The average molecular weight is 556 g/mol. The number of fused-ring (bicyclic) bond motifs is 1. The molecule has 10 heteroatoms. The van der Waals surface area contributed by atoms with E-state index in [1.165, 1.54) is 0 Å². The molecule has 8 nitrogen and oxygen atoms in total. The highest BCUT2D eigenvalue weighted by atomic mass is 35.5. The van der Waals surface area contributed by atoms with E-state index >= 15 is 0 Å². The number of halogens is 2. The molecule has 1 N–H and O–H groups in total. The third-order valence-corrected chi connectivity index (χ3v) is 8.00. The molecule has 1 aliphatic carbocycles. The highest BCUT2D eigenvalue weighted by Crippen LogP contribution is 2.46. The van der Waals surface area contributed by atoms with Gasteiger partial charge in [0.1, 0.15) is 11.5 Å². The lowest BCUT2D eigenvalue weighted by molar-refractivity contribution is 0.0246. The molecule has 3 heterocycles. The molecule has 2 fully saturated rings. The van der Waals surface area contributed by atoms with Gasteiger partial charge in [-0.05, 0) is 56.0 Å². The lowest BCUT2D eigenvalue weighted by atomic mass is 10.0. The smallest absolute Gasteiger partial charge is 0.449 e. The molecule has 2 aromatic heterocycles. The van der Waals surface area contributed by atoms with E-state index < -0.39 is 6.16 Å². The van der Waals surface area contributed by atoms with E-state index in [0.29, 0.717) is 39.6 Å². The van der Waals surface area contributed by atoms with Gasteiger partial charge in [-0.1, -0.05) is 34.4 Å². The second kappa shape index (κ2) is 10.2. The molecule has 0 spiro atoms. The van der Waals surface area contributed by atoms with Crippen molar-refractivity contribution in [3.63, 3.8) is 0 Å². The highest BCUT2D eigenvalue weighted by molar-refractivity contribution is 6.39. The fraction of sp³-hybridized carbons (Fsp3) is 0.357. The van der Waals surface area contributed by atoms with Crippen molar-refractivity contribution in [2.24, 2.45) is 7.05 Å². The lowest BCUT2D eigenvalue weighted by Crippen LogP contribution is -2.37. The van der Waals surface area contributed by atoms with Crippen LogP contribution in [0.2, 0.25) is 10.0 Å². The van der Waals surface area contributed by atoms with Crippen LogP contribution in [0.4, 0.5) is 10.5 Å². The Morgan fingerprint density at radius 1 is 1.13 bits per heavy atom. The van der Waals surface area contributed by atoms with Gasteiger partial charge in [-0.2, -0.15) is 0 Å². The number of carboxylic acid groups (broad SMARTS) is 1. The number of benzene rings is 2. The zero-order valence-electron chi connectivity index (χ0n) is 20.8. The molecule has 1 saturated carbocycles. The Labute approximate surface area is 229 Å². The van der Waals surface area contributed by atoms with Crippen molar-refractivity contribution in [2.75, 3.05) is 18.0 Å². The Balaban J connectivity index is 1.14. The largest absolute Gasteiger partial charge is 0.511 e. The fourth-order valence-electron chi connectivity index (χ4n) is 5.24. The molecule has 0 atom stereocenters. The third kappa shape index (κ3) is 4.84. The third-order valence-electron chi connectivity index (χ3n) is 7.37. The summed E-state index contributed by atoms with van der Waals surface area (Å²) in [6, 6.07) is 11.4. The minimum Gasteiger partial charge on any atom is -0.449 e. The Morgan fingerprint density at radius 2 is 1.87 bits per heavy atom. The number of hydrogen-bond donors (Lipinski definition) is 1. The van der Waals surface area contributed by atoms with Crippen LogP contribution in [-0.4, -0.2) is 40.2 Å². The molecule has 2 aliphatic rings. The van der Waals surface area contributed by atoms with Crippen LogP contribution in [0.3, 0.4) is 0 Å². The second-order valence-corrected chi connectivity index (χ2v) is 10.7. The van der Waals surface area contributed by atoms with Crippen molar-refractivity contribution < 1.29 is 23.9 Å². The summed E-state index contributed by atoms with van der Waals surface area (Å²) < 4.78 is 19.0. The fourth-order valence-corrected chi connectivity index (χ4v) is 5.81. The molecule has 2 aromatic carbocycles. The van der Waals surface area contributed by atoms with Crippen LogP contribution in [-0.2, 0) is 18.4 Å². The van der Waals surface area contributed by atoms with E-state index in [9.17, 15) is 4.79 Å². The maximum atomic E-state index is 11.0. The predicted octanol–water partition coefficient (Wildman–Crippen LogP) is 7.26. The normalized spacial score (nSPS) is 16.3. The number of ether oxygens (including phenoxy) is 2. The predicted molar refractivity (Wildman–Crippen MR) is 146 cm³/mol. The first-order valence-corrected chi connectivity index (χ1v) is 13.4. The lowest BCUT2D eigenvalue weighted by Gasteiger charge is -2.33. The first-order valence-electron chi connectivity index (χ1n) is 12.7. The standard InChI is InChI=1S/C28H27Cl2N3O5/c1-32-14-24(37-28(34)35)19-8-7-17(13-23(19)32)33-11-9-18(10-12-33)36-15-20-26(31-38-27(20)16-5-6-16)25-21(29)3-2-4-22(25)30/h2-4,7-8,13-14,16,18H,5-6,9-12,15H2,1H3,(H,34,35). The molecule has 38 heavy (non-hydrogen) atoms. The summed E-state index contributed by atoms with van der Waals surface area (Å²) in [7, 11) is 1.88. The minimum absolute atomic E-state index is 0.108.